The van der Waals surface area contributed by atoms with Gasteiger partial charge in [0.25, 0.3) is 0 Å². The lowest BCUT2D eigenvalue weighted by atomic mass is 10.2. The Morgan fingerprint density at radius 3 is 3.04 bits per heavy atom. The number of hydrogen-bond acceptors (Lipinski definition) is 5. The van der Waals surface area contributed by atoms with Gasteiger partial charge in [0.15, 0.2) is 0 Å². The monoisotopic (exact) mass is 326 g/mol. The number of anilines is 2. The van der Waals surface area contributed by atoms with Gasteiger partial charge in [-0.05, 0) is 31.0 Å². The molecule has 0 atom stereocenters. The number of nitrogen functional groups attached to an aromatic ring is 1. The highest BCUT2D eigenvalue weighted by atomic mass is 16.5. The van der Waals surface area contributed by atoms with Crippen LogP contribution in [0.2, 0.25) is 0 Å². The molecule has 0 unspecified atom stereocenters. The lowest BCUT2D eigenvalue weighted by Crippen LogP contribution is -2.06. The molecular weight excluding hydrogens is 304 g/mol. The van der Waals surface area contributed by atoms with E-state index in [0.717, 1.165) is 40.3 Å². The first-order valence-electron chi connectivity index (χ1n) is 8.31. The van der Waals surface area contributed by atoms with Crippen molar-refractivity contribution in [3.05, 3.63) is 41.9 Å². The minimum Gasteiger partial charge on any atom is -0.399 e. The Morgan fingerprint density at radius 2 is 2.25 bits per heavy atom. The zero-order valence-corrected chi connectivity index (χ0v) is 13.8. The second-order valence-electron chi connectivity index (χ2n) is 6.36. The highest BCUT2D eigenvalue weighted by Crippen LogP contribution is 2.40. The largest absolute Gasteiger partial charge is 0.399 e. The van der Waals surface area contributed by atoms with Gasteiger partial charge < -0.3 is 24.9 Å². The third-order valence-electron chi connectivity index (χ3n) is 4.44. The summed E-state index contributed by atoms with van der Waals surface area (Å²) < 4.78 is 12.8. The van der Waals surface area contributed by atoms with Gasteiger partial charge in [0, 0.05) is 42.9 Å². The van der Waals surface area contributed by atoms with Crippen molar-refractivity contribution in [2.45, 2.75) is 31.8 Å². The van der Waals surface area contributed by atoms with Gasteiger partial charge in [-0.25, -0.2) is 0 Å². The van der Waals surface area contributed by atoms with Gasteiger partial charge >= 0.3 is 0 Å². The van der Waals surface area contributed by atoms with E-state index in [1.54, 1.807) is 7.11 Å². The van der Waals surface area contributed by atoms with Crippen molar-refractivity contribution in [3.8, 4) is 0 Å². The molecule has 0 aliphatic heterocycles. The van der Waals surface area contributed by atoms with Crippen LogP contribution in [0.15, 0.2) is 35.0 Å². The van der Waals surface area contributed by atoms with E-state index in [2.05, 4.69) is 33.4 Å². The fourth-order valence-electron chi connectivity index (χ4n) is 3.04. The molecular formula is C18H22N4O2. The minimum absolute atomic E-state index is 0.580. The van der Waals surface area contributed by atoms with E-state index >= 15 is 0 Å². The Labute approximate surface area is 140 Å². The molecule has 2 heterocycles. The molecule has 1 aliphatic carbocycles. The molecule has 0 amide bonds. The predicted molar refractivity (Wildman–Crippen MR) is 94.0 cm³/mol. The van der Waals surface area contributed by atoms with Crippen LogP contribution in [-0.2, 0) is 17.8 Å². The van der Waals surface area contributed by atoms with E-state index in [0.29, 0.717) is 19.1 Å². The average molecular weight is 326 g/mol. The summed E-state index contributed by atoms with van der Waals surface area (Å²) in [7, 11) is 1.71. The van der Waals surface area contributed by atoms with Crippen molar-refractivity contribution in [2.24, 2.45) is 0 Å². The van der Waals surface area contributed by atoms with E-state index in [-0.39, 0.29) is 0 Å². The standard InChI is InChI=1S/C18H22N4O2/c1-23-7-6-22-5-4-13-8-14(19)9-16(18(13)22)20-11-15-10-17(24-21-15)12-2-3-12/h4-5,8-10,12,20H,2-3,6-7,11,19H2,1H3. The summed E-state index contributed by atoms with van der Waals surface area (Å²) in [5.74, 6) is 1.59. The summed E-state index contributed by atoms with van der Waals surface area (Å²) in [4.78, 5) is 0. The molecule has 0 radical (unpaired) electrons. The number of methoxy groups -OCH3 is 1. The Hall–Kier alpha value is -2.47. The van der Waals surface area contributed by atoms with Crippen molar-refractivity contribution in [1.82, 2.24) is 9.72 Å². The van der Waals surface area contributed by atoms with Crippen molar-refractivity contribution in [3.63, 3.8) is 0 Å². The van der Waals surface area contributed by atoms with Gasteiger partial charge in [0.05, 0.1) is 24.4 Å². The molecule has 0 spiro atoms. The molecule has 2 aromatic heterocycles. The number of rotatable bonds is 7. The molecule has 6 nitrogen and oxygen atoms in total. The van der Waals surface area contributed by atoms with Crippen molar-refractivity contribution in [1.29, 1.82) is 0 Å². The number of fused-ring (bicyclic) bond motifs is 1. The van der Waals surface area contributed by atoms with Crippen LogP contribution in [0.4, 0.5) is 11.4 Å². The van der Waals surface area contributed by atoms with Gasteiger partial charge in [-0.2, -0.15) is 0 Å². The maximum atomic E-state index is 6.05. The predicted octanol–water partition coefficient (Wildman–Crippen LogP) is 3.35. The van der Waals surface area contributed by atoms with Crippen LogP contribution in [0, 0.1) is 0 Å². The van der Waals surface area contributed by atoms with Crippen molar-refractivity contribution in [2.75, 3.05) is 24.8 Å². The molecule has 1 aliphatic rings. The van der Waals surface area contributed by atoms with Crippen LogP contribution in [0.1, 0.15) is 30.2 Å². The molecule has 0 bridgehead atoms. The fourth-order valence-corrected chi connectivity index (χ4v) is 3.04. The zero-order valence-electron chi connectivity index (χ0n) is 13.8. The van der Waals surface area contributed by atoms with Gasteiger partial charge in [-0.1, -0.05) is 5.16 Å². The molecule has 1 saturated carbocycles. The molecule has 24 heavy (non-hydrogen) atoms. The van der Waals surface area contributed by atoms with Crippen LogP contribution in [0.25, 0.3) is 10.9 Å². The maximum Gasteiger partial charge on any atom is 0.140 e. The molecule has 126 valence electrons. The second-order valence-corrected chi connectivity index (χ2v) is 6.36. The summed E-state index contributed by atoms with van der Waals surface area (Å²) in [6, 6.07) is 8.09. The molecule has 1 aromatic carbocycles. The number of nitrogens with two attached hydrogens (primary N) is 1. The van der Waals surface area contributed by atoms with Crippen molar-refractivity contribution < 1.29 is 9.26 Å². The third-order valence-corrected chi connectivity index (χ3v) is 4.44. The normalized spacial score (nSPS) is 14.4. The summed E-state index contributed by atoms with van der Waals surface area (Å²) in [6.07, 6.45) is 4.49. The fraction of sp³-hybridized carbons (Fsp3) is 0.389. The molecule has 3 aromatic rings. The first-order valence-corrected chi connectivity index (χ1v) is 8.31. The van der Waals surface area contributed by atoms with Crippen LogP contribution in [0.5, 0.6) is 0 Å². The average Bonchev–Trinajstić information content (AvgIpc) is 3.18. The third kappa shape index (κ3) is 2.97. The van der Waals surface area contributed by atoms with Crippen LogP contribution < -0.4 is 11.1 Å². The van der Waals surface area contributed by atoms with E-state index in [1.807, 2.05) is 12.1 Å². The minimum atomic E-state index is 0.580. The number of aromatic nitrogens is 2. The Morgan fingerprint density at radius 1 is 1.38 bits per heavy atom. The molecule has 3 N–H and O–H groups in total. The summed E-state index contributed by atoms with van der Waals surface area (Å²) in [6.45, 7) is 2.08. The van der Waals surface area contributed by atoms with Crippen LogP contribution in [-0.4, -0.2) is 23.4 Å². The van der Waals surface area contributed by atoms with Gasteiger partial charge in [-0.3, -0.25) is 0 Å². The smallest absolute Gasteiger partial charge is 0.140 e. The number of ether oxygens (including phenoxy) is 1. The highest BCUT2D eigenvalue weighted by molar-refractivity contribution is 5.94. The van der Waals surface area contributed by atoms with E-state index in [4.69, 9.17) is 15.0 Å². The van der Waals surface area contributed by atoms with E-state index < -0.39 is 0 Å². The topological polar surface area (TPSA) is 78.2 Å². The van der Waals surface area contributed by atoms with Gasteiger partial charge in [-0.15, -0.1) is 0 Å². The SMILES string of the molecule is COCCn1ccc2cc(N)cc(NCc3cc(C4CC4)on3)c21. The van der Waals surface area contributed by atoms with Gasteiger partial charge in [0.1, 0.15) is 11.5 Å². The lowest BCUT2D eigenvalue weighted by molar-refractivity contribution is 0.188. The summed E-state index contributed by atoms with van der Waals surface area (Å²) in [5, 5.41) is 8.73. The number of hydrogen-bond donors (Lipinski definition) is 2. The molecule has 1 fully saturated rings. The van der Waals surface area contributed by atoms with Gasteiger partial charge in [0.2, 0.25) is 0 Å². The van der Waals surface area contributed by atoms with E-state index in [9.17, 15) is 0 Å². The summed E-state index contributed by atoms with van der Waals surface area (Å²) in [5.41, 5.74) is 9.84. The Bertz CT molecular complexity index is 848. The Balaban J connectivity index is 1.57. The number of nitrogens with one attached hydrogen (secondary N) is 1. The Kier molecular flexibility index (Phi) is 3.90. The lowest BCUT2D eigenvalue weighted by Gasteiger charge is -2.12. The quantitative estimate of drug-likeness (QED) is 0.651. The molecule has 0 saturated heterocycles. The highest BCUT2D eigenvalue weighted by Gasteiger charge is 2.27. The number of benzene rings is 1. The first-order chi connectivity index (χ1) is 11.7. The number of nitrogens with zero attached hydrogens (tertiary/aromatic N) is 2. The molecule has 4 rings (SSSR count). The first kappa shape index (κ1) is 15.1. The van der Waals surface area contributed by atoms with Crippen LogP contribution in [0.3, 0.4) is 0 Å². The zero-order chi connectivity index (χ0) is 16.5. The maximum absolute atomic E-state index is 6.05. The van der Waals surface area contributed by atoms with Crippen molar-refractivity contribution >= 4 is 22.3 Å². The summed E-state index contributed by atoms with van der Waals surface area (Å²) >= 11 is 0. The van der Waals surface area contributed by atoms with Crippen LogP contribution >= 0.6 is 0 Å². The van der Waals surface area contributed by atoms with E-state index in [1.165, 1.54) is 12.8 Å². The second kappa shape index (κ2) is 6.20. The molecule has 6 heteroatoms.